The number of piperazine rings is 1. The zero-order chi connectivity index (χ0) is 21.3. The molecule has 2 aromatic heterocycles. The highest BCUT2D eigenvalue weighted by atomic mass is 32.2. The van der Waals surface area contributed by atoms with E-state index in [2.05, 4.69) is 24.8 Å². The van der Waals surface area contributed by atoms with Crippen molar-refractivity contribution in [2.24, 2.45) is 0 Å². The third-order valence-corrected chi connectivity index (χ3v) is 7.26. The Hall–Kier alpha value is -2.46. The Morgan fingerprint density at radius 2 is 2.07 bits per heavy atom. The monoisotopic (exact) mass is 424 g/mol. The van der Waals surface area contributed by atoms with Gasteiger partial charge >= 0.3 is 0 Å². The zero-order valence-electron chi connectivity index (χ0n) is 17.9. The van der Waals surface area contributed by atoms with Gasteiger partial charge in [-0.05, 0) is 30.0 Å². The van der Waals surface area contributed by atoms with Crippen molar-refractivity contribution in [2.75, 3.05) is 31.1 Å². The van der Waals surface area contributed by atoms with Gasteiger partial charge in [0.2, 0.25) is 5.91 Å². The van der Waals surface area contributed by atoms with Crippen molar-refractivity contribution < 1.29 is 9.21 Å². The number of aromatic nitrogens is 1. The third kappa shape index (κ3) is 3.93. The van der Waals surface area contributed by atoms with Crippen molar-refractivity contribution in [2.45, 2.75) is 50.5 Å². The number of nitriles is 1. The lowest BCUT2D eigenvalue weighted by Crippen LogP contribution is -2.49. The van der Waals surface area contributed by atoms with E-state index in [1.54, 1.807) is 12.5 Å². The topological polar surface area (TPSA) is 73.4 Å². The quantitative estimate of drug-likeness (QED) is 0.731. The first-order valence-corrected chi connectivity index (χ1v) is 11.6. The summed E-state index contributed by atoms with van der Waals surface area (Å²) in [5.74, 6) is 1.80. The number of hydrogen-bond acceptors (Lipinski definition) is 6. The van der Waals surface area contributed by atoms with Gasteiger partial charge in [0.15, 0.2) is 0 Å². The fourth-order valence-electron chi connectivity index (χ4n) is 4.28. The van der Waals surface area contributed by atoms with E-state index in [4.69, 9.17) is 9.40 Å². The maximum absolute atomic E-state index is 12.3. The molecule has 6 nitrogen and oxygen atoms in total. The summed E-state index contributed by atoms with van der Waals surface area (Å²) in [6.07, 6.45) is 5.69. The number of carbonyl (C=O) groups excluding carboxylic acids is 1. The number of rotatable bonds is 4. The van der Waals surface area contributed by atoms with Gasteiger partial charge in [-0.25, -0.2) is 4.98 Å². The summed E-state index contributed by atoms with van der Waals surface area (Å²) in [6, 6.07) is 4.40. The van der Waals surface area contributed by atoms with Gasteiger partial charge in [-0.1, -0.05) is 20.8 Å². The maximum Gasteiger partial charge on any atom is 0.222 e. The SMILES string of the molecule is CCCC(=O)N1CCN(c2nc(-c3ccoc3)c3c(c2C#N)CC(C)(C)SC3)CC1. The Labute approximate surface area is 182 Å². The molecule has 1 fully saturated rings. The fraction of sp³-hybridized carbons (Fsp3) is 0.522. The molecule has 0 radical (unpaired) electrons. The van der Waals surface area contributed by atoms with Crippen molar-refractivity contribution >= 4 is 23.5 Å². The predicted octanol–water partition coefficient (Wildman–Crippen LogP) is 4.23. The zero-order valence-corrected chi connectivity index (χ0v) is 18.7. The van der Waals surface area contributed by atoms with Crippen molar-refractivity contribution in [1.82, 2.24) is 9.88 Å². The molecule has 0 bridgehead atoms. The largest absolute Gasteiger partial charge is 0.472 e. The van der Waals surface area contributed by atoms with Crippen LogP contribution in [0.3, 0.4) is 0 Å². The van der Waals surface area contributed by atoms with Crippen molar-refractivity contribution in [1.29, 1.82) is 5.26 Å². The molecule has 2 aliphatic heterocycles. The summed E-state index contributed by atoms with van der Waals surface area (Å²) in [5, 5.41) is 10.1. The van der Waals surface area contributed by atoms with Crippen LogP contribution in [0, 0.1) is 11.3 Å². The van der Waals surface area contributed by atoms with E-state index in [0.29, 0.717) is 38.2 Å². The summed E-state index contributed by atoms with van der Waals surface area (Å²) in [5.41, 5.74) is 4.83. The molecular weight excluding hydrogens is 396 g/mol. The molecule has 0 aromatic carbocycles. The van der Waals surface area contributed by atoms with Gasteiger partial charge < -0.3 is 14.2 Å². The Kier molecular flexibility index (Phi) is 5.79. The highest BCUT2D eigenvalue weighted by Crippen LogP contribution is 2.44. The lowest BCUT2D eigenvalue weighted by atomic mass is 9.91. The second kappa shape index (κ2) is 8.35. The molecule has 4 heterocycles. The van der Waals surface area contributed by atoms with Gasteiger partial charge in [0.05, 0.1) is 23.8 Å². The molecular formula is C23H28N4O2S. The molecule has 0 atom stereocenters. The smallest absolute Gasteiger partial charge is 0.222 e. The van der Waals surface area contributed by atoms with E-state index in [1.807, 2.05) is 29.7 Å². The summed E-state index contributed by atoms with van der Waals surface area (Å²) < 4.78 is 5.42. The van der Waals surface area contributed by atoms with E-state index in [0.717, 1.165) is 46.8 Å². The maximum atomic E-state index is 12.3. The van der Waals surface area contributed by atoms with E-state index in [9.17, 15) is 10.1 Å². The van der Waals surface area contributed by atoms with Crippen LogP contribution in [0.2, 0.25) is 0 Å². The van der Waals surface area contributed by atoms with Crippen molar-refractivity contribution in [3.05, 3.63) is 35.3 Å². The average molecular weight is 425 g/mol. The first kappa shape index (κ1) is 20.8. The van der Waals surface area contributed by atoms with E-state index >= 15 is 0 Å². The number of hydrogen-bond donors (Lipinski definition) is 0. The van der Waals surface area contributed by atoms with Gasteiger partial charge in [0.25, 0.3) is 0 Å². The third-order valence-electron chi connectivity index (χ3n) is 5.91. The standard InChI is InChI=1S/C23H28N4O2S/c1-4-5-20(28)26-7-9-27(10-8-26)22-18(13-24)17-12-23(2,3)30-15-19(17)21(25-22)16-6-11-29-14-16/h6,11,14H,4-5,7-10,12,15H2,1-3H3. The van der Waals surface area contributed by atoms with Crippen LogP contribution >= 0.6 is 11.8 Å². The number of anilines is 1. The first-order valence-electron chi connectivity index (χ1n) is 10.6. The molecule has 0 saturated carbocycles. The highest BCUT2D eigenvalue weighted by molar-refractivity contribution is 7.99. The fourth-order valence-corrected chi connectivity index (χ4v) is 5.37. The Morgan fingerprint density at radius 1 is 1.30 bits per heavy atom. The lowest BCUT2D eigenvalue weighted by Gasteiger charge is -2.38. The lowest BCUT2D eigenvalue weighted by molar-refractivity contribution is -0.131. The predicted molar refractivity (Wildman–Crippen MR) is 119 cm³/mol. The minimum absolute atomic E-state index is 0.0795. The van der Waals surface area contributed by atoms with Crippen molar-refractivity contribution in [3.63, 3.8) is 0 Å². The average Bonchev–Trinajstić information content (AvgIpc) is 3.27. The number of pyridine rings is 1. The summed E-state index contributed by atoms with van der Waals surface area (Å²) in [7, 11) is 0. The number of fused-ring (bicyclic) bond motifs is 1. The molecule has 0 unspecified atom stereocenters. The Balaban J connectivity index is 1.73. The van der Waals surface area contributed by atoms with Crippen molar-refractivity contribution in [3.8, 4) is 17.3 Å². The second-order valence-corrected chi connectivity index (χ2v) is 10.3. The second-order valence-electron chi connectivity index (χ2n) is 8.58. The molecule has 2 aliphatic rings. The Bertz CT molecular complexity index is 970. The van der Waals surface area contributed by atoms with E-state index in [1.165, 1.54) is 0 Å². The van der Waals surface area contributed by atoms with Crippen LogP contribution in [-0.4, -0.2) is 46.7 Å². The van der Waals surface area contributed by atoms with Crippen LogP contribution in [0.15, 0.2) is 23.0 Å². The number of amides is 1. The van der Waals surface area contributed by atoms with Gasteiger partial charge in [-0.15, -0.1) is 0 Å². The molecule has 4 rings (SSSR count). The van der Waals surface area contributed by atoms with Crippen LogP contribution < -0.4 is 4.90 Å². The van der Waals surface area contributed by atoms with E-state index in [-0.39, 0.29) is 10.7 Å². The number of carbonyl (C=O) groups is 1. The molecule has 1 saturated heterocycles. The van der Waals surface area contributed by atoms with Crippen LogP contribution in [-0.2, 0) is 17.0 Å². The minimum Gasteiger partial charge on any atom is -0.472 e. The molecule has 2 aromatic rings. The first-order chi connectivity index (χ1) is 14.4. The molecule has 158 valence electrons. The summed E-state index contributed by atoms with van der Waals surface area (Å²) in [6.45, 7) is 9.23. The number of thioether (sulfide) groups is 1. The van der Waals surface area contributed by atoms with Gasteiger partial charge in [0, 0.05) is 48.7 Å². The summed E-state index contributed by atoms with van der Waals surface area (Å²) >= 11 is 1.91. The van der Waals surface area contributed by atoms with Crippen LogP contribution in [0.1, 0.15) is 50.3 Å². The molecule has 0 N–H and O–H groups in total. The number of furan rings is 1. The van der Waals surface area contributed by atoms with Gasteiger partial charge in [0.1, 0.15) is 11.9 Å². The summed E-state index contributed by atoms with van der Waals surface area (Å²) in [4.78, 5) is 21.4. The number of nitrogens with zero attached hydrogens (tertiary/aromatic N) is 4. The van der Waals surface area contributed by atoms with Gasteiger partial charge in [-0.2, -0.15) is 17.0 Å². The molecule has 0 spiro atoms. The molecule has 1 amide bonds. The normalized spacial score (nSPS) is 18.1. The van der Waals surface area contributed by atoms with Gasteiger partial charge in [-0.3, -0.25) is 4.79 Å². The molecule has 0 aliphatic carbocycles. The minimum atomic E-state index is 0.0795. The van der Waals surface area contributed by atoms with E-state index < -0.39 is 0 Å². The Morgan fingerprint density at radius 3 is 2.70 bits per heavy atom. The van der Waals surface area contributed by atoms with Crippen LogP contribution in [0.4, 0.5) is 5.82 Å². The van der Waals surface area contributed by atoms with Crippen LogP contribution in [0.25, 0.3) is 11.3 Å². The molecule has 30 heavy (non-hydrogen) atoms. The highest BCUT2D eigenvalue weighted by Gasteiger charge is 2.34. The molecule has 7 heteroatoms. The van der Waals surface area contributed by atoms with Crippen LogP contribution in [0.5, 0.6) is 0 Å².